The van der Waals surface area contributed by atoms with E-state index in [0.29, 0.717) is 24.4 Å². The van der Waals surface area contributed by atoms with Crippen molar-refractivity contribution in [2.45, 2.75) is 19.4 Å². The molecular weight excluding hydrogens is 290 g/mol. The number of rotatable bonds is 6. The second kappa shape index (κ2) is 7.37. The van der Waals surface area contributed by atoms with E-state index in [1.54, 1.807) is 0 Å². The fourth-order valence-electron chi connectivity index (χ4n) is 3.22. The second-order valence-electron chi connectivity index (χ2n) is 5.82. The predicted molar refractivity (Wildman–Crippen MR) is 89.4 cm³/mol. The zero-order valence-corrected chi connectivity index (χ0v) is 13.6. The van der Waals surface area contributed by atoms with E-state index in [0.717, 1.165) is 25.3 Å². The molecule has 122 valence electrons. The molecule has 1 saturated heterocycles. The van der Waals surface area contributed by atoms with E-state index >= 15 is 0 Å². The number of nitrogens with zero attached hydrogens (tertiary/aromatic N) is 4. The van der Waals surface area contributed by atoms with Crippen molar-refractivity contribution in [2.75, 3.05) is 32.1 Å². The summed E-state index contributed by atoms with van der Waals surface area (Å²) in [4.78, 5) is 15.0. The average Bonchev–Trinajstić information content (AvgIpc) is 2.95. The van der Waals surface area contributed by atoms with Gasteiger partial charge >= 0.3 is 0 Å². The number of nitrogens with one attached hydrogen (secondary N) is 1. The topological polar surface area (TPSA) is 63.2 Å². The van der Waals surface area contributed by atoms with Crippen LogP contribution in [0.25, 0.3) is 0 Å². The summed E-state index contributed by atoms with van der Waals surface area (Å²) in [6.07, 6.45) is 6.48. The molecule has 0 aromatic carbocycles. The van der Waals surface area contributed by atoms with Crippen LogP contribution in [-0.4, -0.2) is 46.6 Å². The fourth-order valence-corrected chi connectivity index (χ4v) is 3.22. The zero-order chi connectivity index (χ0) is 16.1. The molecule has 0 spiro atoms. The lowest BCUT2D eigenvalue weighted by Gasteiger charge is -2.25. The van der Waals surface area contributed by atoms with Gasteiger partial charge in [-0.05, 0) is 44.5 Å². The van der Waals surface area contributed by atoms with Crippen molar-refractivity contribution in [2.24, 2.45) is 5.92 Å². The first-order valence-corrected chi connectivity index (χ1v) is 8.06. The lowest BCUT2D eigenvalue weighted by Crippen LogP contribution is -2.25. The van der Waals surface area contributed by atoms with Crippen LogP contribution in [0.4, 0.5) is 5.82 Å². The molecule has 23 heavy (non-hydrogen) atoms. The standard InChI is InChI=1S/C17H23N5O/c1-3-23-16-9-15(20-12-21-16)19-11-14-6-8-22(2)17(14)13-5-4-7-18-10-13/h4-5,7,9-10,12,14,17H,3,6,8,11H2,1-2H3,(H,19,20,21)/t14-,17-/m0/s1. The smallest absolute Gasteiger partial charge is 0.218 e. The SMILES string of the molecule is CCOc1cc(NC[C@@H]2CCN(C)[C@H]2c2cccnc2)ncn1. The van der Waals surface area contributed by atoms with Gasteiger partial charge in [-0.15, -0.1) is 0 Å². The highest BCUT2D eigenvalue weighted by atomic mass is 16.5. The van der Waals surface area contributed by atoms with E-state index < -0.39 is 0 Å². The van der Waals surface area contributed by atoms with Crippen molar-refractivity contribution in [3.8, 4) is 5.88 Å². The first-order chi connectivity index (χ1) is 11.3. The molecule has 2 aromatic rings. The van der Waals surface area contributed by atoms with Gasteiger partial charge in [0.05, 0.1) is 6.61 Å². The summed E-state index contributed by atoms with van der Waals surface area (Å²) in [5.41, 5.74) is 1.27. The minimum atomic E-state index is 0.393. The normalized spacial score (nSPS) is 21.3. The molecule has 3 heterocycles. The first-order valence-electron chi connectivity index (χ1n) is 8.06. The van der Waals surface area contributed by atoms with Gasteiger partial charge in [0.15, 0.2) is 0 Å². The number of hydrogen-bond donors (Lipinski definition) is 1. The molecule has 0 bridgehead atoms. The van der Waals surface area contributed by atoms with Crippen molar-refractivity contribution in [1.29, 1.82) is 0 Å². The summed E-state index contributed by atoms with van der Waals surface area (Å²) in [5.74, 6) is 1.94. The molecule has 6 nitrogen and oxygen atoms in total. The molecule has 1 fully saturated rings. The molecule has 1 aliphatic rings. The highest BCUT2D eigenvalue weighted by molar-refractivity contribution is 5.37. The molecule has 0 aliphatic carbocycles. The Morgan fingerprint density at radius 1 is 1.39 bits per heavy atom. The Morgan fingerprint density at radius 3 is 3.09 bits per heavy atom. The summed E-state index contributed by atoms with van der Waals surface area (Å²) in [6.45, 7) is 4.52. The van der Waals surface area contributed by atoms with Gasteiger partial charge in [-0.1, -0.05) is 6.07 Å². The van der Waals surface area contributed by atoms with Crippen molar-refractivity contribution >= 4 is 5.82 Å². The molecular formula is C17H23N5O. The van der Waals surface area contributed by atoms with Gasteiger partial charge in [0.25, 0.3) is 0 Å². The molecule has 3 rings (SSSR count). The molecule has 1 N–H and O–H groups in total. The summed E-state index contributed by atoms with van der Waals surface area (Å²) < 4.78 is 5.42. The third-order valence-electron chi connectivity index (χ3n) is 4.28. The monoisotopic (exact) mass is 313 g/mol. The van der Waals surface area contributed by atoms with Crippen LogP contribution in [0.15, 0.2) is 36.9 Å². The lowest BCUT2D eigenvalue weighted by molar-refractivity contribution is 0.281. The van der Waals surface area contributed by atoms with E-state index in [1.807, 2.05) is 31.5 Å². The Hall–Kier alpha value is -2.21. The van der Waals surface area contributed by atoms with Gasteiger partial charge in [0.1, 0.15) is 12.1 Å². The average molecular weight is 313 g/mol. The third-order valence-corrected chi connectivity index (χ3v) is 4.28. The second-order valence-corrected chi connectivity index (χ2v) is 5.82. The van der Waals surface area contributed by atoms with Gasteiger partial charge in [-0.3, -0.25) is 9.88 Å². The Bertz CT molecular complexity index is 621. The number of hydrogen-bond acceptors (Lipinski definition) is 6. The Morgan fingerprint density at radius 2 is 2.30 bits per heavy atom. The summed E-state index contributed by atoms with van der Waals surface area (Å²) in [6, 6.07) is 6.40. The highest BCUT2D eigenvalue weighted by Crippen LogP contribution is 2.35. The predicted octanol–water partition coefficient (Wildman–Crippen LogP) is 2.38. The van der Waals surface area contributed by atoms with Gasteiger partial charge < -0.3 is 10.1 Å². The number of aromatic nitrogens is 3. The van der Waals surface area contributed by atoms with Crippen LogP contribution >= 0.6 is 0 Å². The molecule has 2 aromatic heterocycles. The van der Waals surface area contributed by atoms with Crippen LogP contribution in [0, 0.1) is 5.92 Å². The zero-order valence-electron chi connectivity index (χ0n) is 13.6. The maximum atomic E-state index is 5.42. The van der Waals surface area contributed by atoms with Crippen LogP contribution in [0.1, 0.15) is 24.9 Å². The largest absolute Gasteiger partial charge is 0.478 e. The van der Waals surface area contributed by atoms with E-state index in [4.69, 9.17) is 4.74 Å². The van der Waals surface area contributed by atoms with Gasteiger partial charge in [0, 0.05) is 31.0 Å². The fraction of sp³-hybridized carbons (Fsp3) is 0.471. The molecule has 0 unspecified atom stereocenters. The number of likely N-dealkylation sites (tertiary alicyclic amines) is 1. The van der Waals surface area contributed by atoms with Gasteiger partial charge in [-0.2, -0.15) is 0 Å². The summed E-state index contributed by atoms with van der Waals surface area (Å²) in [7, 11) is 2.18. The Balaban J connectivity index is 1.66. The molecule has 2 atom stereocenters. The van der Waals surface area contributed by atoms with Crippen LogP contribution in [0.3, 0.4) is 0 Å². The van der Waals surface area contributed by atoms with E-state index in [-0.39, 0.29) is 0 Å². The van der Waals surface area contributed by atoms with E-state index in [2.05, 4.69) is 38.3 Å². The van der Waals surface area contributed by atoms with Gasteiger partial charge in [0.2, 0.25) is 5.88 Å². The maximum Gasteiger partial charge on any atom is 0.218 e. The number of pyridine rings is 1. The quantitative estimate of drug-likeness (QED) is 0.883. The van der Waals surface area contributed by atoms with Crippen molar-refractivity contribution in [1.82, 2.24) is 19.9 Å². The van der Waals surface area contributed by atoms with Crippen molar-refractivity contribution < 1.29 is 4.74 Å². The molecule has 1 aliphatic heterocycles. The Labute approximate surface area is 136 Å². The van der Waals surface area contributed by atoms with Crippen molar-refractivity contribution in [3.63, 3.8) is 0 Å². The maximum absolute atomic E-state index is 5.42. The van der Waals surface area contributed by atoms with E-state index in [9.17, 15) is 0 Å². The van der Waals surface area contributed by atoms with Crippen LogP contribution in [-0.2, 0) is 0 Å². The lowest BCUT2D eigenvalue weighted by atomic mass is 9.95. The highest BCUT2D eigenvalue weighted by Gasteiger charge is 2.32. The Kier molecular flexibility index (Phi) is 5.02. The van der Waals surface area contributed by atoms with Gasteiger partial charge in [-0.25, -0.2) is 9.97 Å². The van der Waals surface area contributed by atoms with Crippen LogP contribution < -0.4 is 10.1 Å². The summed E-state index contributed by atoms with van der Waals surface area (Å²) >= 11 is 0. The molecule has 0 radical (unpaired) electrons. The van der Waals surface area contributed by atoms with Crippen LogP contribution in [0.2, 0.25) is 0 Å². The minimum absolute atomic E-state index is 0.393. The molecule has 6 heteroatoms. The van der Waals surface area contributed by atoms with Crippen LogP contribution in [0.5, 0.6) is 5.88 Å². The summed E-state index contributed by atoms with van der Waals surface area (Å²) in [5, 5.41) is 3.43. The molecule has 0 saturated carbocycles. The number of ether oxygens (including phenoxy) is 1. The number of anilines is 1. The third kappa shape index (κ3) is 3.76. The van der Waals surface area contributed by atoms with Crippen molar-refractivity contribution in [3.05, 3.63) is 42.5 Å². The minimum Gasteiger partial charge on any atom is -0.478 e. The first kappa shape index (κ1) is 15.7. The van der Waals surface area contributed by atoms with E-state index in [1.165, 1.54) is 11.9 Å². The molecule has 0 amide bonds.